The van der Waals surface area contributed by atoms with Crippen molar-refractivity contribution in [2.24, 2.45) is 5.41 Å². The summed E-state index contributed by atoms with van der Waals surface area (Å²) in [5.74, 6) is -0.685. The summed E-state index contributed by atoms with van der Waals surface area (Å²) in [6, 6.07) is 0. The lowest BCUT2D eigenvalue weighted by molar-refractivity contribution is -0.137. The van der Waals surface area contributed by atoms with Gasteiger partial charge in [0.25, 0.3) is 0 Å². The number of hydrogen-bond acceptors (Lipinski definition) is 2. The van der Waals surface area contributed by atoms with Crippen molar-refractivity contribution in [2.75, 3.05) is 19.6 Å². The Bertz CT molecular complexity index is 169. The lowest BCUT2D eigenvalue weighted by Gasteiger charge is -2.45. The summed E-state index contributed by atoms with van der Waals surface area (Å²) in [6.45, 7) is 7.65. The van der Waals surface area contributed by atoms with Crippen LogP contribution >= 0.6 is 0 Å². The number of aliphatic carboxylic acids is 1. The molecule has 1 fully saturated rings. The van der Waals surface area contributed by atoms with Crippen LogP contribution in [0.5, 0.6) is 0 Å². The molecule has 1 heterocycles. The molecule has 0 atom stereocenters. The number of rotatable bonds is 4. The summed E-state index contributed by atoms with van der Waals surface area (Å²) >= 11 is 0. The number of carbonyl (C=O) groups is 1. The predicted octanol–water partition coefficient (Wildman–Crippen LogP) is 1.19. The summed E-state index contributed by atoms with van der Waals surface area (Å²) in [6.07, 6.45) is 1.09. The van der Waals surface area contributed by atoms with Crippen LogP contribution in [0.4, 0.5) is 0 Å². The van der Waals surface area contributed by atoms with Gasteiger partial charge in [0, 0.05) is 19.5 Å². The highest BCUT2D eigenvalue weighted by Gasteiger charge is 2.33. The highest BCUT2D eigenvalue weighted by Crippen LogP contribution is 2.28. The maximum absolute atomic E-state index is 10.2. The van der Waals surface area contributed by atoms with Crippen molar-refractivity contribution < 1.29 is 9.90 Å². The SMILES string of the molecule is CC1(C)CN(CCCC(=O)O)C1. The Morgan fingerprint density at radius 3 is 2.50 bits per heavy atom. The second-order valence-corrected chi connectivity index (χ2v) is 4.37. The van der Waals surface area contributed by atoms with E-state index in [0.717, 1.165) is 26.1 Å². The standard InChI is InChI=1S/C9H17NO2/c1-9(2)6-10(7-9)5-3-4-8(11)12/h3-7H2,1-2H3,(H,11,12). The maximum Gasteiger partial charge on any atom is 0.303 e. The first-order valence-corrected chi connectivity index (χ1v) is 4.44. The molecular formula is C9H17NO2. The van der Waals surface area contributed by atoms with Gasteiger partial charge in [-0.05, 0) is 18.4 Å². The number of hydrogen-bond donors (Lipinski definition) is 1. The van der Waals surface area contributed by atoms with Crippen molar-refractivity contribution in [3.63, 3.8) is 0 Å². The quantitative estimate of drug-likeness (QED) is 0.690. The zero-order chi connectivity index (χ0) is 9.19. The van der Waals surface area contributed by atoms with Crippen molar-refractivity contribution in [3.8, 4) is 0 Å². The minimum Gasteiger partial charge on any atom is -0.481 e. The third-order valence-corrected chi connectivity index (χ3v) is 2.17. The van der Waals surface area contributed by atoms with Crippen LogP contribution in [0.15, 0.2) is 0 Å². The van der Waals surface area contributed by atoms with Crippen LogP contribution in [0.25, 0.3) is 0 Å². The van der Waals surface area contributed by atoms with Gasteiger partial charge in [0.2, 0.25) is 0 Å². The van der Waals surface area contributed by atoms with Gasteiger partial charge in [0.05, 0.1) is 0 Å². The average molecular weight is 171 g/mol. The molecule has 0 spiro atoms. The minimum atomic E-state index is -0.685. The van der Waals surface area contributed by atoms with E-state index in [9.17, 15) is 4.79 Å². The molecule has 1 N–H and O–H groups in total. The van der Waals surface area contributed by atoms with Crippen molar-refractivity contribution in [1.82, 2.24) is 4.90 Å². The highest BCUT2D eigenvalue weighted by atomic mass is 16.4. The summed E-state index contributed by atoms with van der Waals surface area (Å²) in [7, 11) is 0. The molecule has 0 saturated carbocycles. The third kappa shape index (κ3) is 2.81. The summed E-state index contributed by atoms with van der Waals surface area (Å²) in [5.41, 5.74) is 0.462. The monoisotopic (exact) mass is 171 g/mol. The minimum absolute atomic E-state index is 0.303. The molecule has 1 saturated heterocycles. The van der Waals surface area contributed by atoms with E-state index in [2.05, 4.69) is 18.7 Å². The fraction of sp³-hybridized carbons (Fsp3) is 0.889. The molecule has 0 unspecified atom stereocenters. The Labute approximate surface area is 73.4 Å². The van der Waals surface area contributed by atoms with Gasteiger partial charge in [-0.25, -0.2) is 0 Å². The summed E-state index contributed by atoms with van der Waals surface area (Å²) in [5, 5.41) is 8.40. The van der Waals surface area contributed by atoms with Crippen LogP contribution in [0.1, 0.15) is 26.7 Å². The molecule has 0 aromatic rings. The van der Waals surface area contributed by atoms with E-state index in [4.69, 9.17) is 5.11 Å². The van der Waals surface area contributed by atoms with Crippen LogP contribution in [-0.2, 0) is 4.79 Å². The van der Waals surface area contributed by atoms with Gasteiger partial charge in [0.1, 0.15) is 0 Å². The van der Waals surface area contributed by atoms with Gasteiger partial charge in [-0.15, -0.1) is 0 Å². The highest BCUT2D eigenvalue weighted by molar-refractivity contribution is 5.66. The molecule has 0 aromatic heterocycles. The molecule has 70 valence electrons. The van der Waals surface area contributed by atoms with E-state index in [-0.39, 0.29) is 0 Å². The van der Waals surface area contributed by atoms with Gasteiger partial charge in [-0.2, -0.15) is 0 Å². The smallest absolute Gasteiger partial charge is 0.303 e. The Morgan fingerprint density at radius 1 is 1.50 bits per heavy atom. The van der Waals surface area contributed by atoms with Crippen molar-refractivity contribution in [3.05, 3.63) is 0 Å². The molecule has 0 amide bonds. The van der Waals surface area contributed by atoms with E-state index in [1.54, 1.807) is 0 Å². The predicted molar refractivity (Wildman–Crippen MR) is 47.1 cm³/mol. The second-order valence-electron chi connectivity index (χ2n) is 4.37. The van der Waals surface area contributed by atoms with Crippen LogP contribution in [0.2, 0.25) is 0 Å². The van der Waals surface area contributed by atoms with Crippen molar-refractivity contribution in [1.29, 1.82) is 0 Å². The van der Waals surface area contributed by atoms with E-state index in [1.807, 2.05) is 0 Å². The second kappa shape index (κ2) is 3.44. The first kappa shape index (κ1) is 9.52. The maximum atomic E-state index is 10.2. The van der Waals surface area contributed by atoms with Gasteiger partial charge in [-0.1, -0.05) is 13.8 Å². The van der Waals surface area contributed by atoms with Gasteiger partial charge in [0.15, 0.2) is 0 Å². The normalized spacial score (nSPS) is 21.8. The van der Waals surface area contributed by atoms with Gasteiger partial charge in [-0.3, -0.25) is 4.79 Å². The summed E-state index contributed by atoms with van der Waals surface area (Å²) < 4.78 is 0. The molecule has 0 aromatic carbocycles. The van der Waals surface area contributed by atoms with Gasteiger partial charge < -0.3 is 10.0 Å². The van der Waals surface area contributed by atoms with Gasteiger partial charge >= 0.3 is 5.97 Å². The lowest BCUT2D eigenvalue weighted by Crippen LogP contribution is -2.52. The number of nitrogens with zero attached hydrogens (tertiary/aromatic N) is 1. The fourth-order valence-electron chi connectivity index (χ4n) is 1.78. The number of carboxylic acid groups (broad SMARTS) is 1. The molecule has 1 rings (SSSR count). The fourth-order valence-corrected chi connectivity index (χ4v) is 1.78. The Balaban J connectivity index is 2.01. The topological polar surface area (TPSA) is 40.5 Å². The Hall–Kier alpha value is -0.570. The van der Waals surface area contributed by atoms with E-state index >= 15 is 0 Å². The van der Waals surface area contributed by atoms with Crippen LogP contribution in [0, 0.1) is 5.41 Å². The van der Waals surface area contributed by atoms with E-state index in [0.29, 0.717) is 11.8 Å². The van der Waals surface area contributed by atoms with Crippen molar-refractivity contribution in [2.45, 2.75) is 26.7 Å². The lowest BCUT2D eigenvalue weighted by atomic mass is 9.84. The Morgan fingerprint density at radius 2 is 2.08 bits per heavy atom. The molecule has 3 heteroatoms. The summed E-state index contributed by atoms with van der Waals surface area (Å²) in [4.78, 5) is 12.5. The largest absolute Gasteiger partial charge is 0.481 e. The molecule has 1 aliphatic heterocycles. The molecule has 0 radical (unpaired) electrons. The van der Waals surface area contributed by atoms with Crippen LogP contribution < -0.4 is 0 Å². The first-order valence-electron chi connectivity index (χ1n) is 4.44. The Kier molecular flexibility index (Phi) is 2.73. The zero-order valence-electron chi connectivity index (χ0n) is 7.84. The molecule has 12 heavy (non-hydrogen) atoms. The van der Waals surface area contributed by atoms with Crippen molar-refractivity contribution >= 4 is 5.97 Å². The molecule has 3 nitrogen and oxygen atoms in total. The first-order chi connectivity index (χ1) is 5.49. The number of carboxylic acids is 1. The molecule has 0 bridgehead atoms. The molecular weight excluding hydrogens is 154 g/mol. The molecule has 0 aliphatic carbocycles. The number of likely N-dealkylation sites (tertiary alicyclic amines) is 1. The third-order valence-electron chi connectivity index (χ3n) is 2.17. The molecule has 1 aliphatic rings. The van der Waals surface area contributed by atoms with Crippen LogP contribution in [0.3, 0.4) is 0 Å². The van der Waals surface area contributed by atoms with E-state index in [1.165, 1.54) is 0 Å². The van der Waals surface area contributed by atoms with E-state index < -0.39 is 5.97 Å². The average Bonchev–Trinajstić information content (AvgIpc) is 1.82. The zero-order valence-corrected chi connectivity index (χ0v) is 7.84. The van der Waals surface area contributed by atoms with Crippen LogP contribution in [-0.4, -0.2) is 35.6 Å².